The molecule has 0 radical (unpaired) electrons. The van der Waals surface area contributed by atoms with E-state index < -0.39 is 6.04 Å². The molecule has 3 rings (SSSR count). The van der Waals surface area contributed by atoms with E-state index in [0.717, 1.165) is 17.5 Å². The van der Waals surface area contributed by atoms with Crippen molar-refractivity contribution in [1.82, 2.24) is 15.2 Å². The minimum Gasteiger partial charge on any atom is -0.460 e. The Morgan fingerprint density at radius 2 is 1.90 bits per heavy atom. The molecule has 1 aromatic heterocycles. The molecular weight excluding hydrogens is 386 g/mol. The van der Waals surface area contributed by atoms with E-state index in [9.17, 15) is 9.59 Å². The minimum absolute atomic E-state index is 0.0513. The average molecular weight is 414 g/mol. The van der Waals surface area contributed by atoms with E-state index in [1.165, 1.54) is 0 Å². The number of carbonyl (C=O) groups excluding carboxylic acids is 2. The van der Waals surface area contributed by atoms with Gasteiger partial charge in [-0.3, -0.25) is 14.6 Å². The smallest absolute Gasteiger partial charge is 0.324 e. The number of thiol groups is 1. The summed E-state index contributed by atoms with van der Waals surface area (Å²) in [5, 5.41) is 3.06. The molecule has 1 aliphatic heterocycles. The van der Waals surface area contributed by atoms with Crippen molar-refractivity contribution >= 4 is 24.5 Å². The van der Waals surface area contributed by atoms with Gasteiger partial charge in [-0.05, 0) is 36.1 Å². The van der Waals surface area contributed by atoms with Gasteiger partial charge < -0.3 is 15.0 Å². The van der Waals surface area contributed by atoms with Gasteiger partial charge in [-0.1, -0.05) is 30.3 Å². The molecule has 1 fully saturated rings. The quantitative estimate of drug-likeness (QED) is 0.513. The van der Waals surface area contributed by atoms with Gasteiger partial charge in [-0.15, -0.1) is 0 Å². The SMILES string of the molecule is CN(CCc1ccncc1)C(=O)C[C@H]1C[C@H](S)C(C(=O)OCc2ccccc2)N1. The lowest BCUT2D eigenvalue weighted by Gasteiger charge is -2.20. The van der Waals surface area contributed by atoms with Crippen LogP contribution in [0.2, 0.25) is 0 Å². The number of hydrogen-bond acceptors (Lipinski definition) is 6. The highest BCUT2D eigenvalue weighted by molar-refractivity contribution is 7.81. The standard InChI is InChI=1S/C22H27N3O3S/c1-25(12-9-16-7-10-23-11-8-16)20(26)14-18-13-19(29)21(24-18)22(27)28-15-17-5-3-2-4-6-17/h2-8,10-11,18-19,21,24,29H,9,12-15H2,1H3/t18-,19+,21?/m1/s1. The van der Waals surface area contributed by atoms with Crippen LogP contribution in [0.25, 0.3) is 0 Å². The molecule has 2 heterocycles. The summed E-state index contributed by atoms with van der Waals surface area (Å²) in [6, 6.07) is 12.9. The highest BCUT2D eigenvalue weighted by atomic mass is 32.1. The lowest BCUT2D eigenvalue weighted by Crippen LogP contribution is -2.41. The van der Waals surface area contributed by atoms with Crippen molar-refractivity contribution in [3.05, 3.63) is 66.0 Å². The van der Waals surface area contributed by atoms with Crippen LogP contribution in [0.1, 0.15) is 24.0 Å². The first-order chi connectivity index (χ1) is 14.0. The number of nitrogens with one attached hydrogen (secondary N) is 1. The van der Waals surface area contributed by atoms with Crippen molar-refractivity contribution < 1.29 is 14.3 Å². The Balaban J connectivity index is 1.43. The zero-order valence-corrected chi connectivity index (χ0v) is 17.4. The maximum Gasteiger partial charge on any atom is 0.324 e. The molecule has 7 heteroatoms. The molecule has 154 valence electrons. The number of ether oxygens (including phenoxy) is 1. The summed E-state index contributed by atoms with van der Waals surface area (Å²) in [5.74, 6) is -0.273. The summed E-state index contributed by atoms with van der Waals surface area (Å²) in [5.41, 5.74) is 2.09. The highest BCUT2D eigenvalue weighted by Crippen LogP contribution is 2.23. The molecule has 1 aliphatic rings. The van der Waals surface area contributed by atoms with Crippen LogP contribution in [0.15, 0.2) is 54.9 Å². The average Bonchev–Trinajstić information content (AvgIpc) is 3.11. The number of amides is 1. The van der Waals surface area contributed by atoms with Crippen molar-refractivity contribution in [3.8, 4) is 0 Å². The predicted octanol–water partition coefficient (Wildman–Crippen LogP) is 2.24. The second-order valence-electron chi connectivity index (χ2n) is 7.36. The molecule has 0 bridgehead atoms. The lowest BCUT2D eigenvalue weighted by molar-refractivity contribution is -0.147. The van der Waals surface area contributed by atoms with E-state index in [4.69, 9.17) is 4.74 Å². The van der Waals surface area contributed by atoms with Gasteiger partial charge in [-0.2, -0.15) is 12.6 Å². The molecular formula is C22H27N3O3S. The fourth-order valence-electron chi connectivity index (χ4n) is 3.38. The third-order valence-corrected chi connectivity index (χ3v) is 5.64. The molecule has 29 heavy (non-hydrogen) atoms. The van der Waals surface area contributed by atoms with Crippen molar-refractivity contribution in [2.45, 2.75) is 43.2 Å². The Bertz CT molecular complexity index is 803. The van der Waals surface area contributed by atoms with E-state index in [1.807, 2.05) is 49.5 Å². The van der Waals surface area contributed by atoms with E-state index in [0.29, 0.717) is 19.4 Å². The molecule has 1 unspecified atom stereocenters. The minimum atomic E-state index is -0.498. The molecule has 3 atom stereocenters. The number of aromatic nitrogens is 1. The largest absolute Gasteiger partial charge is 0.460 e. The number of carbonyl (C=O) groups is 2. The number of hydrogen-bond donors (Lipinski definition) is 2. The molecule has 1 saturated heterocycles. The summed E-state index contributed by atoms with van der Waals surface area (Å²) in [6.07, 6.45) is 5.28. The summed E-state index contributed by atoms with van der Waals surface area (Å²) in [6.45, 7) is 0.877. The Labute approximate surface area is 177 Å². The van der Waals surface area contributed by atoms with Gasteiger partial charge in [-0.25, -0.2) is 0 Å². The Kier molecular flexibility index (Phi) is 7.66. The summed E-state index contributed by atoms with van der Waals surface area (Å²) in [4.78, 5) is 30.7. The van der Waals surface area contributed by atoms with Crippen LogP contribution in [-0.2, 0) is 27.4 Å². The van der Waals surface area contributed by atoms with Gasteiger partial charge in [0, 0.05) is 43.7 Å². The van der Waals surface area contributed by atoms with E-state index in [-0.39, 0.29) is 29.8 Å². The molecule has 0 aliphatic carbocycles. The van der Waals surface area contributed by atoms with Crippen LogP contribution in [0, 0.1) is 0 Å². The lowest BCUT2D eigenvalue weighted by atomic mass is 10.1. The Morgan fingerprint density at radius 3 is 2.62 bits per heavy atom. The summed E-state index contributed by atoms with van der Waals surface area (Å²) in [7, 11) is 1.81. The summed E-state index contributed by atoms with van der Waals surface area (Å²) >= 11 is 4.54. The molecule has 2 aromatic rings. The highest BCUT2D eigenvalue weighted by Gasteiger charge is 2.38. The van der Waals surface area contributed by atoms with Crippen molar-refractivity contribution in [1.29, 1.82) is 0 Å². The number of pyridine rings is 1. The zero-order valence-electron chi connectivity index (χ0n) is 16.5. The van der Waals surface area contributed by atoms with Crippen LogP contribution < -0.4 is 5.32 Å². The summed E-state index contributed by atoms with van der Waals surface area (Å²) < 4.78 is 5.42. The first kappa shape index (κ1) is 21.3. The van der Waals surface area contributed by atoms with Crippen LogP contribution in [0.3, 0.4) is 0 Å². The van der Waals surface area contributed by atoms with E-state index in [2.05, 4.69) is 22.9 Å². The first-order valence-corrected chi connectivity index (χ1v) is 10.3. The monoisotopic (exact) mass is 413 g/mol. The molecule has 0 saturated carbocycles. The van der Waals surface area contributed by atoms with Crippen molar-refractivity contribution in [2.24, 2.45) is 0 Å². The number of benzene rings is 1. The fraction of sp³-hybridized carbons (Fsp3) is 0.409. The predicted molar refractivity (Wildman–Crippen MR) is 115 cm³/mol. The Hall–Kier alpha value is -2.38. The van der Waals surface area contributed by atoms with Gasteiger partial charge >= 0.3 is 5.97 Å². The van der Waals surface area contributed by atoms with E-state index >= 15 is 0 Å². The fourth-order valence-corrected chi connectivity index (χ4v) is 3.85. The first-order valence-electron chi connectivity index (χ1n) is 9.80. The second-order valence-corrected chi connectivity index (χ2v) is 8.03. The van der Waals surface area contributed by atoms with Gasteiger partial charge in [0.2, 0.25) is 5.91 Å². The number of rotatable bonds is 8. The van der Waals surface area contributed by atoms with Crippen LogP contribution in [0.5, 0.6) is 0 Å². The number of likely N-dealkylation sites (N-methyl/N-ethyl adjacent to an activating group) is 1. The van der Waals surface area contributed by atoms with Crippen LogP contribution in [-0.4, -0.2) is 52.7 Å². The van der Waals surface area contributed by atoms with Gasteiger partial charge in [0.25, 0.3) is 0 Å². The van der Waals surface area contributed by atoms with Gasteiger partial charge in [0.1, 0.15) is 12.6 Å². The van der Waals surface area contributed by atoms with Crippen LogP contribution >= 0.6 is 12.6 Å². The zero-order chi connectivity index (χ0) is 20.6. The Morgan fingerprint density at radius 1 is 1.17 bits per heavy atom. The van der Waals surface area contributed by atoms with Crippen molar-refractivity contribution in [2.75, 3.05) is 13.6 Å². The maximum absolute atomic E-state index is 12.5. The van der Waals surface area contributed by atoms with Gasteiger partial charge in [0.15, 0.2) is 0 Å². The van der Waals surface area contributed by atoms with Crippen LogP contribution in [0.4, 0.5) is 0 Å². The molecule has 1 N–H and O–H groups in total. The molecule has 1 amide bonds. The van der Waals surface area contributed by atoms with E-state index in [1.54, 1.807) is 17.3 Å². The normalized spacial score (nSPS) is 21.0. The third-order valence-electron chi connectivity index (χ3n) is 5.14. The number of nitrogens with zero attached hydrogens (tertiary/aromatic N) is 2. The second kappa shape index (κ2) is 10.4. The topological polar surface area (TPSA) is 71.5 Å². The molecule has 6 nitrogen and oxygen atoms in total. The molecule has 0 spiro atoms. The van der Waals surface area contributed by atoms with Gasteiger partial charge in [0.05, 0.1) is 0 Å². The maximum atomic E-state index is 12.5. The third kappa shape index (κ3) is 6.30. The number of esters is 1. The molecule has 1 aromatic carbocycles. The van der Waals surface area contributed by atoms with Crippen molar-refractivity contribution in [3.63, 3.8) is 0 Å².